The zero-order chi connectivity index (χ0) is 15.2. The Morgan fingerprint density at radius 2 is 1.86 bits per heavy atom. The van der Waals surface area contributed by atoms with Crippen molar-refractivity contribution in [1.82, 2.24) is 0 Å². The molecule has 0 aromatic heterocycles. The topological polar surface area (TPSA) is 72.3 Å². The van der Waals surface area contributed by atoms with E-state index in [1.165, 1.54) is 5.56 Å². The van der Waals surface area contributed by atoms with Crippen molar-refractivity contribution in [2.75, 3.05) is 18.0 Å². The molecule has 0 atom stereocenters. The van der Waals surface area contributed by atoms with Gasteiger partial charge >= 0.3 is 0 Å². The van der Waals surface area contributed by atoms with Crippen LogP contribution in [0.2, 0.25) is 0 Å². The number of hydrogen-bond donors (Lipinski definition) is 2. The van der Waals surface area contributed by atoms with Gasteiger partial charge < -0.3 is 16.4 Å². The van der Waals surface area contributed by atoms with E-state index in [1.54, 1.807) is 12.1 Å². The van der Waals surface area contributed by atoms with Gasteiger partial charge in [0.25, 0.3) is 0 Å². The lowest BCUT2D eigenvalue weighted by molar-refractivity contribution is 0.100. The van der Waals surface area contributed by atoms with Crippen LogP contribution in [0.15, 0.2) is 53.0 Å². The van der Waals surface area contributed by atoms with Gasteiger partial charge in [-0.2, -0.15) is 0 Å². The van der Waals surface area contributed by atoms with E-state index >= 15 is 0 Å². The molecule has 0 radical (unpaired) electrons. The summed E-state index contributed by atoms with van der Waals surface area (Å²) < 4.78 is 0.836. The molecule has 2 aromatic rings. The third kappa shape index (κ3) is 4.06. The molecule has 0 aliphatic rings. The van der Waals surface area contributed by atoms with E-state index in [0.29, 0.717) is 12.1 Å². The summed E-state index contributed by atoms with van der Waals surface area (Å²) in [6.45, 7) is 2.03. The van der Waals surface area contributed by atoms with Crippen molar-refractivity contribution in [1.29, 1.82) is 0 Å². The molecule has 0 saturated carbocycles. The number of carbonyl (C=O) groups is 1. The molecule has 5 heteroatoms. The first kappa shape index (κ1) is 15.5. The first-order valence-corrected chi connectivity index (χ1v) is 7.49. The normalized spacial score (nSPS) is 10.4. The second kappa shape index (κ2) is 7.24. The number of nitrogens with two attached hydrogens (primary N) is 2. The summed E-state index contributed by atoms with van der Waals surface area (Å²) in [6, 6.07) is 15.5. The molecule has 0 heterocycles. The number of halogens is 1. The van der Waals surface area contributed by atoms with Crippen LogP contribution >= 0.6 is 15.9 Å². The Labute approximate surface area is 132 Å². The summed E-state index contributed by atoms with van der Waals surface area (Å²) in [6.07, 6.45) is 0. The van der Waals surface area contributed by atoms with Crippen LogP contribution in [0.3, 0.4) is 0 Å². The Kier molecular flexibility index (Phi) is 5.36. The molecule has 0 bridgehead atoms. The first-order chi connectivity index (χ1) is 10.1. The second-order valence-electron chi connectivity index (χ2n) is 4.73. The molecular formula is C16H18BrN3O. The van der Waals surface area contributed by atoms with E-state index in [0.717, 1.165) is 23.2 Å². The molecule has 0 unspecified atom stereocenters. The van der Waals surface area contributed by atoms with Crippen LogP contribution in [-0.2, 0) is 6.54 Å². The van der Waals surface area contributed by atoms with Gasteiger partial charge in [-0.05, 0) is 39.7 Å². The minimum atomic E-state index is -0.435. The molecule has 0 saturated heterocycles. The zero-order valence-corrected chi connectivity index (χ0v) is 13.2. The predicted molar refractivity (Wildman–Crippen MR) is 89.2 cm³/mol. The average Bonchev–Trinajstić information content (AvgIpc) is 2.48. The third-order valence-electron chi connectivity index (χ3n) is 3.19. The van der Waals surface area contributed by atoms with Crippen molar-refractivity contribution < 1.29 is 4.79 Å². The number of anilines is 1. The Morgan fingerprint density at radius 1 is 1.14 bits per heavy atom. The van der Waals surface area contributed by atoms with Crippen LogP contribution in [0, 0.1) is 0 Å². The van der Waals surface area contributed by atoms with Gasteiger partial charge in [-0.3, -0.25) is 4.79 Å². The number of amides is 1. The highest BCUT2D eigenvalue weighted by Crippen LogP contribution is 2.28. The van der Waals surface area contributed by atoms with Gasteiger partial charge in [-0.25, -0.2) is 0 Å². The van der Waals surface area contributed by atoms with Gasteiger partial charge in [-0.1, -0.05) is 30.3 Å². The van der Waals surface area contributed by atoms with Gasteiger partial charge in [0.2, 0.25) is 5.91 Å². The van der Waals surface area contributed by atoms with E-state index in [1.807, 2.05) is 24.3 Å². The van der Waals surface area contributed by atoms with E-state index in [4.69, 9.17) is 11.5 Å². The number of nitrogens with zero attached hydrogens (tertiary/aromatic N) is 1. The highest BCUT2D eigenvalue weighted by molar-refractivity contribution is 9.10. The second-order valence-corrected chi connectivity index (χ2v) is 5.58. The molecular weight excluding hydrogens is 330 g/mol. The van der Waals surface area contributed by atoms with Crippen molar-refractivity contribution in [3.8, 4) is 0 Å². The van der Waals surface area contributed by atoms with E-state index in [-0.39, 0.29) is 0 Å². The lowest BCUT2D eigenvalue weighted by atomic mass is 10.1. The van der Waals surface area contributed by atoms with Crippen molar-refractivity contribution in [3.63, 3.8) is 0 Å². The molecule has 0 aliphatic carbocycles. The van der Waals surface area contributed by atoms with Gasteiger partial charge in [0.05, 0.1) is 5.69 Å². The van der Waals surface area contributed by atoms with E-state index in [2.05, 4.69) is 33.0 Å². The van der Waals surface area contributed by atoms with Gasteiger partial charge in [0, 0.05) is 29.7 Å². The molecule has 2 rings (SSSR count). The number of rotatable bonds is 6. The van der Waals surface area contributed by atoms with Crippen LogP contribution < -0.4 is 16.4 Å². The summed E-state index contributed by atoms with van der Waals surface area (Å²) >= 11 is 3.51. The van der Waals surface area contributed by atoms with Crippen LogP contribution in [0.25, 0.3) is 0 Å². The smallest absolute Gasteiger partial charge is 0.248 e. The molecule has 21 heavy (non-hydrogen) atoms. The summed E-state index contributed by atoms with van der Waals surface area (Å²) in [4.78, 5) is 13.4. The molecule has 4 N–H and O–H groups in total. The van der Waals surface area contributed by atoms with Crippen LogP contribution in [0.1, 0.15) is 15.9 Å². The maximum Gasteiger partial charge on any atom is 0.248 e. The van der Waals surface area contributed by atoms with Crippen LogP contribution in [-0.4, -0.2) is 19.0 Å². The Hall–Kier alpha value is -1.85. The molecule has 2 aromatic carbocycles. The van der Waals surface area contributed by atoms with Gasteiger partial charge in [0.15, 0.2) is 0 Å². The Bertz CT molecular complexity index is 616. The zero-order valence-electron chi connectivity index (χ0n) is 11.6. The lowest BCUT2D eigenvalue weighted by Gasteiger charge is -2.25. The fourth-order valence-corrected chi connectivity index (χ4v) is 2.79. The van der Waals surface area contributed by atoms with Crippen molar-refractivity contribution in [2.24, 2.45) is 11.5 Å². The van der Waals surface area contributed by atoms with Crippen molar-refractivity contribution >= 4 is 27.5 Å². The predicted octanol–water partition coefficient (Wildman–Crippen LogP) is 2.51. The lowest BCUT2D eigenvalue weighted by Crippen LogP contribution is -2.29. The Balaban J connectivity index is 2.27. The molecule has 4 nitrogen and oxygen atoms in total. The van der Waals surface area contributed by atoms with Gasteiger partial charge in [0.1, 0.15) is 0 Å². The largest absolute Gasteiger partial charge is 0.366 e. The van der Waals surface area contributed by atoms with Crippen LogP contribution in [0.4, 0.5) is 5.69 Å². The molecule has 0 spiro atoms. The number of hydrogen-bond acceptors (Lipinski definition) is 3. The van der Waals surface area contributed by atoms with Gasteiger partial charge in [-0.15, -0.1) is 0 Å². The molecule has 0 fully saturated rings. The summed E-state index contributed by atoms with van der Waals surface area (Å²) in [5.74, 6) is -0.435. The fourth-order valence-electron chi connectivity index (χ4n) is 2.16. The fraction of sp³-hybridized carbons (Fsp3) is 0.188. The minimum Gasteiger partial charge on any atom is -0.366 e. The highest BCUT2D eigenvalue weighted by atomic mass is 79.9. The van der Waals surface area contributed by atoms with E-state index < -0.39 is 5.91 Å². The summed E-state index contributed by atoms with van der Waals surface area (Å²) in [5.41, 5.74) is 13.7. The monoisotopic (exact) mass is 347 g/mol. The third-order valence-corrected chi connectivity index (χ3v) is 3.82. The highest BCUT2D eigenvalue weighted by Gasteiger charge is 2.12. The average molecular weight is 348 g/mol. The first-order valence-electron chi connectivity index (χ1n) is 6.70. The number of benzene rings is 2. The quantitative estimate of drug-likeness (QED) is 0.843. The van der Waals surface area contributed by atoms with Crippen molar-refractivity contribution in [2.45, 2.75) is 6.54 Å². The van der Waals surface area contributed by atoms with Crippen LogP contribution in [0.5, 0.6) is 0 Å². The SMILES string of the molecule is NCCN(Cc1ccccc1)c1ccc(C(N)=O)cc1Br. The maximum absolute atomic E-state index is 11.2. The number of primary amides is 1. The van der Waals surface area contributed by atoms with E-state index in [9.17, 15) is 4.79 Å². The molecule has 0 aliphatic heterocycles. The van der Waals surface area contributed by atoms with Crippen molar-refractivity contribution in [3.05, 3.63) is 64.1 Å². The number of carbonyl (C=O) groups excluding carboxylic acids is 1. The summed E-state index contributed by atoms with van der Waals surface area (Å²) in [7, 11) is 0. The summed E-state index contributed by atoms with van der Waals surface area (Å²) in [5, 5.41) is 0. The molecule has 1 amide bonds. The molecule has 110 valence electrons. The maximum atomic E-state index is 11.2. The Morgan fingerprint density at radius 3 is 2.43 bits per heavy atom. The minimum absolute atomic E-state index is 0.435. The standard InChI is InChI=1S/C16H18BrN3O/c17-14-10-13(16(19)21)6-7-15(14)20(9-8-18)11-12-4-2-1-3-5-12/h1-7,10H,8-9,11,18H2,(H2,19,21).